The van der Waals surface area contributed by atoms with E-state index in [-0.39, 0.29) is 24.0 Å². The van der Waals surface area contributed by atoms with Crippen LogP contribution in [0.15, 0.2) is 14.7 Å². The number of rotatable bonds is 2. The first kappa shape index (κ1) is 15.3. The van der Waals surface area contributed by atoms with Crippen molar-refractivity contribution in [2.75, 3.05) is 6.26 Å². The zero-order chi connectivity index (χ0) is 10.6. The fourth-order valence-corrected chi connectivity index (χ4v) is 1.94. The van der Waals surface area contributed by atoms with Gasteiger partial charge in [0.15, 0.2) is 5.17 Å². The molecule has 0 atom stereocenters. The smallest absolute Gasteiger partial charge is 0.180 e. The number of nitrogens with two attached hydrogens (primary N) is 1. The van der Waals surface area contributed by atoms with E-state index < -0.39 is 0 Å². The quantitative estimate of drug-likeness (QED) is 0.296. The maximum absolute atomic E-state index is 5.46. The number of halogens is 2. The van der Waals surface area contributed by atoms with Gasteiger partial charge in [0, 0.05) is 0 Å². The normalized spacial score (nSPS) is 11.8. The van der Waals surface area contributed by atoms with Crippen molar-refractivity contribution >= 4 is 50.6 Å². The van der Waals surface area contributed by atoms with Gasteiger partial charge in [-0.05, 0) is 40.6 Å². The van der Waals surface area contributed by atoms with Crippen LogP contribution in [0.5, 0.6) is 0 Å². The standard InChI is InChI=1S/C7H9BrN4S2.HI/c1-4-6(8)5(14-12-4)3-10-11-7(9)13-2;/h3H,1-2H3,(H2,9,11);1H/p-1/b10-3+;. The molecule has 2 N–H and O–H groups in total. The van der Waals surface area contributed by atoms with Gasteiger partial charge in [-0.1, -0.05) is 11.8 Å². The maximum Gasteiger partial charge on any atom is 0.180 e. The van der Waals surface area contributed by atoms with Crippen molar-refractivity contribution in [3.63, 3.8) is 0 Å². The Morgan fingerprint density at radius 2 is 2.33 bits per heavy atom. The first-order chi connectivity index (χ1) is 6.65. The summed E-state index contributed by atoms with van der Waals surface area (Å²) in [6.45, 7) is 1.93. The van der Waals surface area contributed by atoms with Crippen molar-refractivity contribution in [3.05, 3.63) is 15.0 Å². The first-order valence-electron chi connectivity index (χ1n) is 3.67. The lowest BCUT2D eigenvalue weighted by Gasteiger charge is -1.88. The predicted molar refractivity (Wildman–Crippen MR) is 67.3 cm³/mol. The van der Waals surface area contributed by atoms with E-state index >= 15 is 0 Å². The molecule has 4 nitrogen and oxygen atoms in total. The summed E-state index contributed by atoms with van der Waals surface area (Å²) < 4.78 is 5.11. The van der Waals surface area contributed by atoms with Gasteiger partial charge in [0.05, 0.1) is 21.3 Å². The summed E-state index contributed by atoms with van der Waals surface area (Å²) in [5.74, 6) is 0. The molecule has 8 heteroatoms. The van der Waals surface area contributed by atoms with Crippen molar-refractivity contribution in [2.24, 2.45) is 15.9 Å². The topological polar surface area (TPSA) is 63.6 Å². The number of aromatic nitrogens is 1. The van der Waals surface area contributed by atoms with Crippen LogP contribution >= 0.6 is 39.2 Å². The third kappa shape index (κ3) is 4.79. The molecule has 1 aromatic heterocycles. The molecule has 0 bridgehead atoms. The van der Waals surface area contributed by atoms with E-state index in [0.29, 0.717) is 5.17 Å². The molecule has 0 aromatic carbocycles. The highest BCUT2D eigenvalue weighted by molar-refractivity contribution is 9.10. The SMILES string of the molecule is CS/C(N)=N\N=C\c1snc(C)c1Br.[I-]. The molecule has 0 saturated carbocycles. The van der Waals surface area contributed by atoms with Crippen molar-refractivity contribution in [1.82, 2.24) is 4.37 Å². The summed E-state index contributed by atoms with van der Waals surface area (Å²) in [5, 5.41) is 8.06. The predicted octanol–water partition coefficient (Wildman–Crippen LogP) is -0.770. The number of nitrogens with zero attached hydrogens (tertiary/aromatic N) is 3. The van der Waals surface area contributed by atoms with Crippen LogP contribution in [0.2, 0.25) is 0 Å². The van der Waals surface area contributed by atoms with Gasteiger partial charge in [0.1, 0.15) is 0 Å². The Morgan fingerprint density at radius 3 is 2.80 bits per heavy atom. The third-order valence-corrected chi connectivity index (χ3v) is 3.99. The van der Waals surface area contributed by atoms with E-state index in [1.807, 2.05) is 13.2 Å². The molecule has 0 aliphatic carbocycles. The second-order valence-corrected chi connectivity index (χ2v) is 4.76. The number of thioether (sulfide) groups is 1. The van der Waals surface area contributed by atoms with E-state index in [2.05, 4.69) is 30.5 Å². The third-order valence-electron chi connectivity index (χ3n) is 1.36. The molecular formula is C7H9BrIN4S2-. The van der Waals surface area contributed by atoms with E-state index in [1.165, 1.54) is 23.3 Å². The highest BCUT2D eigenvalue weighted by atomic mass is 127. The first-order valence-corrected chi connectivity index (χ1v) is 6.46. The fourth-order valence-electron chi connectivity index (χ4n) is 0.635. The van der Waals surface area contributed by atoms with Crippen LogP contribution in [0.25, 0.3) is 0 Å². The van der Waals surface area contributed by atoms with Crippen LogP contribution in [0.4, 0.5) is 0 Å². The zero-order valence-corrected chi connectivity index (χ0v) is 13.4. The van der Waals surface area contributed by atoms with Gasteiger partial charge in [0.25, 0.3) is 0 Å². The lowest BCUT2D eigenvalue weighted by molar-refractivity contribution is -0.00000297. The number of amidine groups is 1. The Hall–Kier alpha value is 0.330. The molecule has 84 valence electrons. The molecule has 0 radical (unpaired) electrons. The van der Waals surface area contributed by atoms with Crippen LogP contribution < -0.4 is 29.7 Å². The van der Waals surface area contributed by atoms with Gasteiger partial charge in [0.2, 0.25) is 0 Å². The molecule has 1 aromatic rings. The Morgan fingerprint density at radius 1 is 1.67 bits per heavy atom. The molecule has 1 rings (SSSR count). The number of hydrogen-bond donors (Lipinski definition) is 1. The molecule has 0 aliphatic heterocycles. The Kier molecular flexibility index (Phi) is 7.75. The number of aryl methyl sites for hydroxylation is 1. The van der Waals surface area contributed by atoms with Gasteiger partial charge in [-0.2, -0.15) is 9.47 Å². The lowest BCUT2D eigenvalue weighted by atomic mass is 10.4. The van der Waals surface area contributed by atoms with Gasteiger partial charge in [-0.15, -0.1) is 5.10 Å². The monoisotopic (exact) mass is 419 g/mol. The second kappa shape index (κ2) is 7.58. The minimum Gasteiger partial charge on any atom is -1.00 e. The van der Waals surface area contributed by atoms with Crippen LogP contribution in [0.3, 0.4) is 0 Å². The lowest BCUT2D eigenvalue weighted by Crippen LogP contribution is -3.00. The summed E-state index contributed by atoms with van der Waals surface area (Å²) >= 11 is 6.14. The molecule has 0 spiro atoms. The van der Waals surface area contributed by atoms with Crippen LogP contribution in [-0.4, -0.2) is 22.0 Å². The Labute approximate surface area is 122 Å². The van der Waals surface area contributed by atoms with Crippen molar-refractivity contribution in [1.29, 1.82) is 0 Å². The Balaban J connectivity index is 0.00000196. The van der Waals surface area contributed by atoms with E-state index in [0.717, 1.165) is 15.0 Å². The molecule has 0 fully saturated rings. The average molecular weight is 420 g/mol. The summed E-state index contributed by atoms with van der Waals surface area (Å²) in [6.07, 6.45) is 3.49. The van der Waals surface area contributed by atoms with Crippen LogP contribution in [0.1, 0.15) is 10.6 Å². The molecule has 0 saturated heterocycles. The van der Waals surface area contributed by atoms with Gasteiger partial charge >= 0.3 is 0 Å². The summed E-state index contributed by atoms with van der Waals surface area (Å²) in [6, 6.07) is 0. The van der Waals surface area contributed by atoms with Gasteiger partial charge in [-0.25, -0.2) is 0 Å². The van der Waals surface area contributed by atoms with Crippen LogP contribution in [0, 0.1) is 6.92 Å². The summed E-state index contributed by atoms with van der Waals surface area (Å²) in [7, 11) is 0. The molecule has 0 aliphatic rings. The fraction of sp³-hybridized carbons (Fsp3) is 0.286. The maximum atomic E-state index is 5.46. The molecular weight excluding hydrogens is 411 g/mol. The van der Waals surface area contributed by atoms with Crippen molar-refractivity contribution in [3.8, 4) is 0 Å². The van der Waals surface area contributed by atoms with E-state index in [4.69, 9.17) is 5.73 Å². The van der Waals surface area contributed by atoms with Gasteiger partial charge < -0.3 is 29.7 Å². The van der Waals surface area contributed by atoms with E-state index in [1.54, 1.807) is 6.21 Å². The number of hydrogen-bond acceptors (Lipinski definition) is 5. The molecule has 0 amide bonds. The minimum atomic E-state index is 0. The van der Waals surface area contributed by atoms with Crippen molar-refractivity contribution in [2.45, 2.75) is 6.92 Å². The second-order valence-electron chi connectivity index (χ2n) is 2.33. The molecule has 0 unspecified atom stereocenters. The largest absolute Gasteiger partial charge is 1.00 e. The Bertz CT molecular complexity index is 377. The van der Waals surface area contributed by atoms with Crippen LogP contribution in [-0.2, 0) is 0 Å². The summed E-state index contributed by atoms with van der Waals surface area (Å²) in [4.78, 5) is 0.945. The van der Waals surface area contributed by atoms with Crippen molar-refractivity contribution < 1.29 is 24.0 Å². The highest BCUT2D eigenvalue weighted by Crippen LogP contribution is 2.22. The zero-order valence-electron chi connectivity index (χ0n) is 8.07. The minimum absolute atomic E-state index is 0. The van der Waals surface area contributed by atoms with E-state index in [9.17, 15) is 0 Å². The highest BCUT2D eigenvalue weighted by Gasteiger charge is 2.04. The van der Waals surface area contributed by atoms with Gasteiger partial charge in [-0.3, -0.25) is 0 Å². The molecule has 1 heterocycles. The summed E-state index contributed by atoms with van der Waals surface area (Å²) in [5.41, 5.74) is 6.41. The molecule has 15 heavy (non-hydrogen) atoms. The average Bonchev–Trinajstić information content (AvgIpc) is 2.49.